The van der Waals surface area contributed by atoms with E-state index in [0.717, 1.165) is 24.3 Å². The Kier molecular flexibility index (Phi) is 22.1. The lowest BCUT2D eigenvalue weighted by atomic mass is 10.0. The van der Waals surface area contributed by atoms with Gasteiger partial charge in [0, 0.05) is 9.13 Å². The highest BCUT2D eigenvalue weighted by atomic mass is 31.2. The summed E-state index contributed by atoms with van der Waals surface area (Å²) in [6, 6.07) is 16.1. The van der Waals surface area contributed by atoms with Crippen LogP contribution in [0.15, 0.2) is 48.5 Å². The lowest BCUT2D eigenvalue weighted by molar-refractivity contribution is 0.191. The van der Waals surface area contributed by atoms with Gasteiger partial charge in [-0.25, -0.2) is 0 Å². The fourth-order valence-corrected chi connectivity index (χ4v) is 5.98. The van der Waals surface area contributed by atoms with Crippen LogP contribution in [0.4, 0.5) is 0 Å². The van der Waals surface area contributed by atoms with E-state index in [2.05, 4.69) is 38.1 Å². The minimum absolute atomic E-state index is 0.0379. The number of rotatable bonds is 28. The quantitative estimate of drug-likeness (QED) is 0.0679. The molecule has 2 unspecified atom stereocenters. The van der Waals surface area contributed by atoms with E-state index in [1.165, 1.54) is 101 Å². The Labute approximate surface area is 262 Å². The second-order valence-electron chi connectivity index (χ2n) is 10.9. The molecule has 7 nitrogen and oxygen atoms in total. The van der Waals surface area contributed by atoms with Crippen molar-refractivity contribution in [3.63, 3.8) is 0 Å². The molecule has 0 N–H and O–H groups in total. The van der Waals surface area contributed by atoms with E-state index in [-0.39, 0.29) is 26.4 Å². The van der Waals surface area contributed by atoms with Crippen molar-refractivity contribution >= 4 is 16.5 Å². The minimum Gasteiger partial charge on any atom is -0.491 e. The molecule has 0 radical (unpaired) electrons. The molecule has 0 bridgehead atoms. The third kappa shape index (κ3) is 19.9. The summed E-state index contributed by atoms with van der Waals surface area (Å²) in [7, 11) is -5.16. The molecule has 0 aliphatic rings. The van der Waals surface area contributed by atoms with Gasteiger partial charge in [-0.05, 0) is 61.1 Å². The Morgan fingerprint density at radius 2 is 0.814 bits per heavy atom. The molecule has 9 heteroatoms. The van der Waals surface area contributed by atoms with Gasteiger partial charge < -0.3 is 9.47 Å². The smallest absolute Gasteiger partial charge is 0.491 e. The summed E-state index contributed by atoms with van der Waals surface area (Å²) in [5.74, 6) is 1.44. The first-order valence-corrected chi connectivity index (χ1v) is 18.6. The molecule has 0 saturated heterocycles. The summed E-state index contributed by atoms with van der Waals surface area (Å²) < 4.78 is 50.0. The summed E-state index contributed by atoms with van der Waals surface area (Å²) >= 11 is 0. The van der Waals surface area contributed by atoms with Crippen LogP contribution in [0.1, 0.15) is 115 Å². The Morgan fingerprint density at radius 3 is 1.19 bits per heavy atom. The Hall–Kier alpha value is -1.88. The molecule has 0 saturated carbocycles. The molecule has 2 aromatic carbocycles. The fourth-order valence-electron chi connectivity index (χ4n) is 4.72. The number of hydrogen-bond acceptors (Lipinski definition) is 7. The maximum Gasteiger partial charge on any atom is 0.747 e. The van der Waals surface area contributed by atoms with Crippen LogP contribution >= 0.6 is 16.5 Å². The number of aryl methyl sites for hydroxylation is 2. The first kappa shape index (κ1) is 37.3. The molecular formula is C34H54O7P2+2. The van der Waals surface area contributed by atoms with Gasteiger partial charge in [-0.15, -0.1) is 9.05 Å². The van der Waals surface area contributed by atoms with Crippen molar-refractivity contribution in [2.75, 3.05) is 26.4 Å². The predicted octanol–water partition coefficient (Wildman–Crippen LogP) is 11.1. The predicted molar refractivity (Wildman–Crippen MR) is 175 cm³/mol. The van der Waals surface area contributed by atoms with Gasteiger partial charge in [0.05, 0.1) is 0 Å². The average Bonchev–Trinajstić information content (AvgIpc) is 3.02. The van der Waals surface area contributed by atoms with Gasteiger partial charge in [0.1, 0.15) is 37.9 Å². The largest absolute Gasteiger partial charge is 0.747 e. The molecule has 0 aliphatic heterocycles. The van der Waals surface area contributed by atoms with Gasteiger partial charge in [0.25, 0.3) is 0 Å². The van der Waals surface area contributed by atoms with E-state index >= 15 is 0 Å². The maximum absolute atomic E-state index is 11.9. The molecule has 240 valence electrons. The molecular weight excluding hydrogens is 582 g/mol. The Morgan fingerprint density at radius 1 is 0.465 bits per heavy atom. The summed E-state index contributed by atoms with van der Waals surface area (Å²) in [5, 5.41) is 0. The van der Waals surface area contributed by atoms with Crippen LogP contribution in [0.2, 0.25) is 0 Å². The molecule has 0 aliphatic carbocycles. The highest BCUT2D eigenvalue weighted by Gasteiger charge is 2.39. The van der Waals surface area contributed by atoms with E-state index in [1.54, 1.807) is 0 Å². The molecule has 0 fully saturated rings. The van der Waals surface area contributed by atoms with E-state index in [1.807, 2.05) is 24.3 Å². The number of hydrogen-bond donors (Lipinski definition) is 0. The average molecular weight is 637 g/mol. The van der Waals surface area contributed by atoms with Crippen LogP contribution in [0.5, 0.6) is 11.5 Å². The number of benzene rings is 2. The second kappa shape index (κ2) is 25.4. The van der Waals surface area contributed by atoms with Crippen molar-refractivity contribution in [3.05, 3.63) is 59.7 Å². The summed E-state index contributed by atoms with van der Waals surface area (Å²) in [4.78, 5) is 0. The highest BCUT2D eigenvalue weighted by Crippen LogP contribution is 2.39. The van der Waals surface area contributed by atoms with Crippen LogP contribution in [0.25, 0.3) is 0 Å². The zero-order valence-electron chi connectivity index (χ0n) is 26.5. The second-order valence-corrected chi connectivity index (χ2v) is 13.0. The van der Waals surface area contributed by atoms with Crippen LogP contribution in [0, 0.1) is 0 Å². The first-order chi connectivity index (χ1) is 21.1. The molecule has 2 rings (SSSR count). The van der Waals surface area contributed by atoms with Gasteiger partial charge in [-0.2, -0.15) is 0 Å². The van der Waals surface area contributed by atoms with Gasteiger partial charge in [-0.3, -0.25) is 0 Å². The molecule has 2 aromatic rings. The third-order valence-corrected chi connectivity index (χ3v) is 9.07. The third-order valence-electron chi connectivity index (χ3n) is 7.22. The van der Waals surface area contributed by atoms with Crippen molar-refractivity contribution in [1.29, 1.82) is 0 Å². The van der Waals surface area contributed by atoms with Crippen LogP contribution in [-0.4, -0.2) is 26.4 Å². The fraction of sp³-hybridized carbons (Fsp3) is 0.647. The van der Waals surface area contributed by atoms with Crippen LogP contribution in [0.3, 0.4) is 0 Å². The van der Waals surface area contributed by atoms with Crippen molar-refractivity contribution in [3.8, 4) is 11.5 Å². The summed E-state index contributed by atoms with van der Waals surface area (Å²) in [6.07, 6.45) is 20.4. The van der Waals surface area contributed by atoms with Crippen LogP contribution in [-0.2, 0) is 35.3 Å². The van der Waals surface area contributed by atoms with Gasteiger partial charge >= 0.3 is 16.5 Å². The molecule has 0 amide bonds. The van der Waals surface area contributed by atoms with Gasteiger partial charge in [0.2, 0.25) is 0 Å². The van der Waals surface area contributed by atoms with E-state index < -0.39 is 16.5 Å². The zero-order valence-corrected chi connectivity index (χ0v) is 28.3. The monoisotopic (exact) mass is 636 g/mol. The molecule has 43 heavy (non-hydrogen) atoms. The number of unbranched alkanes of at least 4 members (excludes halogenated alkanes) is 12. The van der Waals surface area contributed by atoms with Gasteiger partial charge in [0.15, 0.2) is 4.31 Å². The van der Waals surface area contributed by atoms with Crippen molar-refractivity contribution in [1.82, 2.24) is 0 Å². The minimum atomic E-state index is -2.58. The highest BCUT2D eigenvalue weighted by molar-refractivity contribution is 7.47. The number of ether oxygens (including phenoxy) is 2. The van der Waals surface area contributed by atoms with E-state index in [0.29, 0.717) is 0 Å². The molecule has 0 spiro atoms. The molecule has 0 heterocycles. The molecule has 2 atom stereocenters. The maximum atomic E-state index is 11.9. The topological polar surface area (TPSA) is 80.3 Å². The molecule has 0 aromatic heterocycles. The Balaban J connectivity index is 1.46. The lowest BCUT2D eigenvalue weighted by Gasteiger charge is -2.06. The van der Waals surface area contributed by atoms with E-state index in [4.69, 9.17) is 22.8 Å². The summed E-state index contributed by atoms with van der Waals surface area (Å²) in [6.45, 7) is 4.96. The Bertz CT molecular complexity index is 904. The SMILES string of the molecule is CCCCCCCCCc1ccc(OCCO[P+](=O)O[P+](=O)OCCOc2ccc(CCCCCCCCC)cc2)cc1. The van der Waals surface area contributed by atoms with Crippen LogP contribution < -0.4 is 9.47 Å². The van der Waals surface area contributed by atoms with E-state index in [9.17, 15) is 9.13 Å². The lowest BCUT2D eigenvalue weighted by Crippen LogP contribution is -2.04. The standard InChI is InChI=1S/C34H54O7P2/c1-3-5-7-9-11-13-15-17-31-19-23-33(24-20-31)37-27-29-39-42(35)41-43(36)40-30-28-38-34-25-21-32(22-26-34)18-16-14-12-10-8-6-4-2/h19-26H,3-18,27-30H2,1-2H3/q+2. The normalized spacial score (nSPS) is 11.9. The van der Waals surface area contributed by atoms with Crippen molar-refractivity contribution in [2.45, 2.75) is 117 Å². The summed E-state index contributed by atoms with van der Waals surface area (Å²) in [5.41, 5.74) is 2.60. The first-order valence-electron chi connectivity index (χ1n) is 16.4. The van der Waals surface area contributed by atoms with Gasteiger partial charge in [-0.1, -0.05) is 115 Å². The van der Waals surface area contributed by atoms with Crippen molar-refractivity contribution < 1.29 is 32.0 Å². The van der Waals surface area contributed by atoms with Crippen molar-refractivity contribution in [2.24, 2.45) is 0 Å². The zero-order chi connectivity index (χ0) is 30.8.